The Hall–Kier alpha value is -1.68. The molecule has 0 aliphatic rings. The number of rotatable bonds is 1. The van der Waals surface area contributed by atoms with Crippen LogP contribution in [0.3, 0.4) is 0 Å². The third-order valence-corrected chi connectivity index (χ3v) is 2.23. The van der Waals surface area contributed by atoms with Gasteiger partial charge in [0, 0.05) is 18.0 Å². The van der Waals surface area contributed by atoms with Crippen LogP contribution < -0.4 is 5.73 Å². The number of benzene rings is 1. The molecule has 1 aromatic carbocycles. The van der Waals surface area contributed by atoms with E-state index in [0.717, 1.165) is 0 Å². The van der Waals surface area contributed by atoms with Gasteiger partial charge in [0.05, 0.1) is 5.02 Å². The van der Waals surface area contributed by atoms with Gasteiger partial charge in [-0.3, -0.25) is 4.98 Å². The fourth-order valence-corrected chi connectivity index (χ4v) is 1.49. The molecule has 3 nitrogen and oxygen atoms in total. The first kappa shape index (κ1) is 9.86. The lowest BCUT2D eigenvalue weighted by molar-refractivity contribution is 0.628. The largest absolute Gasteiger partial charge is 0.382 e. The van der Waals surface area contributed by atoms with Gasteiger partial charge in [-0.2, -0.15) is 0 Å². The van der Waals surface area contributed by atoms with Crippen molar-refractivity contribution in [2.24, 2.45) is 0 Å². The molecule has 0 radical (unpaired) electrons. The van der Waals surface area contributed by atoms with Gasteiger partial charge in [0.2, 0.25) is 0 Å². The summed E-state index contributed by atoms with van der Waals surface area (Å²) in [5.74, 6) is -0.128. The lowest BCUT2D eigenvalue weighted by atomic mass is 10.1. The van der Waals surface area contributed by atoms with Crippen LogP contribution in [-0.2, 0) is 0 Å². The van der Waals surface area contributed by atoms with Crippen LogP contribution in [0.5, 0.6) is 0 Å². The van der Waals surface area contributed by atoms with Crippen LogP contribution in [0.25, 0.3) is 11.3 Å². The van der Waals surface area contributed by atoms with Crippen molar-refractivity contribution in [1.82, 2.24) is 9.97 Å². The first-order valence-electron chi connectivity index (χ1n) is 4.20. The highest BCUT2D eigenvalue weighted by atomic mass is 35.5. The molecule has 0 bridgehead atoms. The second kappa shape index (κ2) is 3.82. The highest BCUT2D eigenvalue weighted by Crippen LogP contribution is 2.29. The normalized spacial score (nSPS) is 10.3. The minimum atomic E-state index is -0.397. The molecule has 0 unspecified atom stereocenters. The van der Waals surface area contributed by atoms with Crippen LogP contribution in [0.15, 0.2) is 30.6 Å². The topological polar surface area (TPSA) is 51.8 Å². The third-order valence-electron chi connectivity index (χ3n) is 1.91. The maximum atomic E-state index is 12.8. The molecule has 0 saturated heterocycles. The Morgan fingerprint density at radius 1 is 1.20 bits per heavy atom. The van der Waals surface area contributed by atoms with Gasteiger partial charge in [0.25, 0.3) is 0 Å². The molecule has 0 aliphatic carbocycles. The van der Waals surface area contributed by atoms with Crippen LogP contribution >= 0.6 is 11.6 Å². The van der Waals surface area contributed by atoms with E-state index in [1.54, 1.807) is 0 Å². The van der Waals surface area contributed by atoms with Crippen molar-refractivity contribution in [3.8, 4) is 11.3 Å². The summed E-state index contributed by atoms with van der Waals surface area (Å²) in [6, 6.07) is 4.04. The fraction of sp³-hybridized carbons (Fsp3) is 0. The number of nitrogens with zero attached hydrogens (tertiary/aromatic N) is 2. The van der Waals surface area contributed by atoms with Gasteiger partial charge in [-0.05, 0) is 18.2 Å². The van der Waals surface area contributed by atoms with E-state index in [9.17, 15) is 4.39 Å². The Morgan fingerprint density at radius 3 is 2.60 bits per heavy atom. The number of nitrogen functional groups attached to an aromatic ring is 1. The van der Waals surface area contributed by atoms with E-state index in [0.29, 0.717) is 11.3 Å². The Balaban J connectivity index is 2.60. The molecule has 0 amide bonds. The summed E-state index contributed by atoms with van der Waals surface area (Å²) in [6.45, 7) is 0. The van der Waals surface area contributed by atoms with Gasteiger partial charge in [0.1, 0.15) is 17.3 Å². The average molecular weight is 224 g/mol. The molecule has 0 aliphatic heterocycles. The second-order valence-electron chi connectivity index (χ2n) is 2.91. The molecule has 2 aromatic rings. The summed E-state index contributed by atoms with van der Waals surface area (Å²) in [6.07, 6.45) is 2.99. The summed E-state index contributed by atoms with van der Waals surface area (Å²) in [5.41, 5.74) is 6.67. The standard InChI is InChI=1S/C10H7ClFN3/c11-8-5-6(12)1-2-7(8)9-10(13)15-4-3-14-9/h1-5H,(H2,13,15). The van der Waals surface area contributed by atoms with Gasteiger partial charge < -0.3 is 5.73 Å². The summed E-state index contributed by atoms with van der Waals surface area (Å²) in [7, 11) is 0. The third kappa shape index (κ3) is 1.89. The molecule has 0 atom stereocenters. The van der Waals surface area contributed by atoms with Gasteiger partial charge in [-0.15, -0.1) is 0 Å². The Morgan fingerprint density at radius 2 is 1.93 bits per heavy atom. The Kier molecular flexibility index (Phi) is 2.51. The van der Waals surface area contributed by atoms with Crippen molar-refractivity contribution in [1.29, 1.82) is 0 Å². The van der Waals surface area contributed by atoms with Crippen molar-refractivity contribution >= 4 is 17.4 Å². The van der Waals surface area contributed by atoms with Crippen molar-refractivity contribution in [2.75, 3.05) is 5.73 Å². The molecule has 2 rings (SSSR count). The van der Waals surface area contributed by atoms with Crippen LogP contribution in [-0.4, -0.2) is 9.97 Å². The number of nitrogens with two attached hydrogens (primary N) is 1. The van der Waals surface area contributed by atoms with Crippen molar-refractivity contribution in [3.05, 3.63) is 41.4 Å². The predicted molar refractivity (Wildman–Crippen MR) is 56.8 cm³/mol. The lowest BCUT2D eigenvalue weighted by Crippen LogP contribution is -1.96. The number of anilines is 1. The first-order valence-corrected chi connectivity index (χ1v) is 4.58. The second-order valence-corrected chi connectivity index (χ2v) is 3.32. The van der Waals surface area contributed by atoms with E-state index in [1.807, 2.05) is 0 Å². The monoisotopic (exact) mass is 223 g/mol. The Labute approximate surface area is 90.7 Å². The van der Waals surface area contributed by atoms with E-state index < -0.39 is 5.82 Å². The smallest absolute Gasteiger partial charge is 0.150 e. The van der Waals surface area contributed by atoms with Gasteiger partial charge in [-0.1, -0.05) is 11.6 Å². The lowest BCUT2D eigenvalue weighted by Gasteiger charge is -2.05. The summed E-state index contributed by atoms with van der Waals surface area (Å²) >= 11 is 5.87. The van der Waals surface area contributed by atoms with E-state index in [-0.39, 0.29) is 10.8 Å². The fourth-order valence-electron chi connectivity index (χ4n) is 1.24. The van der Waals surface area contributed by atoms with E-state index in [1.165, 1.54) is 30.6 Å². The molecular formula is C10H7ClFN3. The van der Waals surface area contributed by atoms with Crippen LogP contribution in [0, 0.1) is 5.82 Å². The SMILES string of the molecule is Nc1nccnc1-c1ccc(F)cc1Cl. The van der Waals surface area contributed by atoms with Gasteiger partial charge in [-0.25, -0.2) is 9.37 Å². The molecule has 0 spiro atoms. The minimum Gasteiger partial charge on any atom is -0.382 e. The zero-order valence-corrected chi connectivity index (χ0v) is 8.37. The number of aromatic nitrogens is 2. The van der Waals surface area contributed by atoms with E-state index >= 15 is 0 Å². The number of hydrogen-bond acceptors (Lipinski definition) is 3. The van der Waals surface area contributed by atoms with Crippen LogP contribution in [0.4, 0.5) is 10.2 Å². The molecule has 0 fully saturated rings. The minimum absolute atomic E-state index is 0.266. The quantitative estimate of drug-likeness (QED) is 0.808. The number of halogens is 2. The van der Waals surface area contributed by atoms with E-state index in [2.05, 4.69) is 9.97 Å². The van der Waals surface area contributed by atoms with Crippen LogP contribution in [0.2, 0.25) is 5.02 Å². The molecule has 0 saturated carbocycles. The van der Waals surface area contributed by atoms with Crippen molar-refractivity contribution in [2.45, 2.75) is 0 Å². The van der Waals surface area contributed by atoms with Gasteiger partial charge in [0.15, 0.2) is 0 Å². The van der Waals surface area contributed by atoms with Crippen molar-refractivity contribution < 1.29 is 4.39 Å². The molecule has 1 aromatic heterocycles. The molecule has 76 valence electrons. The molecule has 5 heteroatoms. The summed E-state index contributed by atoms with van der Waals surface area (Å²) in [4.78, 5) is 7.93. The Bertz CT molecular complexity index is 502. The zero-order chi connectivity index (χ0) is 10.8. The van der Waals surface area contributed by atoms with Crippen molar-refractivity contribution in [3.63, 3.8) is 0 Å². The maximum Gasteiger partial charge on any atom is 0.150 e. The maximum absolute atomic E-state index is 12.8. The molecule has 2 N–H and O–H groups in total. The van der Waals surface area contributed by atoms with Gasteiger partial charge >= 0.3 is 0 Å². The number of hydrogen-bond donors (Lipinski definition) is 1. The molecule has 1 heterocycles. The summed E-state index contributed by atoms with van der Waals surface area (Å²) in [5, 5.41) is 0.266. The summed E-state index contributed by atoms with van der Waals surface area (Å²) < 4.78 is 12.8. The van der Waals surface area contributed by atoms with E-state index in [4.69, 9.17) is 17.3 Å². The highest BCUT2D eigenvalue weighted by Gasteiger charge is 2.09. The molecule has 15 heavy (non-hydrogen) atoms. The zero-order valence-electron chi connectivity index (χ0n) is 7.61. The molecular weight excluding hydrogens is 217 g/mol. The average Bonchev–Trinajstić information content (AvgIpc) is 2.20. The predicted octanol–water partition coefficient (Wildman–Crippen LogP) is 2.52. The van der Waals surface area contributed by atoms with Crippen LogP contribution in [0.1, 0.15) is 0 Å². The highest BCUT2D eigenvalue weighted by molar-refractivity contribution is 6.33. The first-order chi connectivity index (χ1) is 7.18.